The highest BCUT2D eigenvalue weighted by atomic mass is 32.1. The molecular weight excluding hydrogens is 296 g/mol. The first kappa shape index (κ1) is 13.4. The first-order chi connectivity index (χ1) is 10.5. The van der Waals surface area contributed by atoms with E-state index >= 15 is 0 Å². The van der Waals surface area contributed by atoms with Crippen molar-refractivity contribution in [2.45, 2.75) is 32.6 Å². The monoisotopic (exact) mass is 312 g/mol. The molecule has 0 saturated carbocycles. The largest absolute Gasteiger partial charge is 0.300 e. The fourth-order valence-corrected chi connectivity index (χ4v) is 3.87. The normalized spacial score (nSPS) is 15.2. The molecule has 0 bridgehead atoms. The molecule has 0 amide bonds. The van der Waals surface area contributed by atoms with Crippen molar-refractivity contribution in [2.75, 3.05) is 5.32 Å². The predicted molar refractivity (Wildman–Crippen MR) is 86.5 cm³/mol. The Hall–Kier alpha value is -2.28. The van der Waals surface area contributed by atoms with E-state index in [0.29, 0.717) is 5.95 Å². The molecule has 3 heterocycles. The van der Waals surface area contributed by atoms with Gasteiger partial charge in [0, 0.05) is 33.4 Å². The minimum atomic E-state index is 0.0416. The van der Waals surface area contributed by atoms with E-state index in [1.54, 1.807) is 17.5 Å². The Morgan fingerprint density at radius 2 is 2.18 bits per heavy atom. The second kappa shape index (κ2) is 4.61. The zero-order chi connectivity index (χ0) is 15.3. The molecule has 4 rings (SSSR count). The summed E-state index contributed by atoms with van der Waals surface area (Å²) < 4.78 is 0. The molecule has 0 aliphatic heterocycles. The number of aromatic nitrogens is 5. The molecule has 0 radical (unpaired) electrons. The summed E-state index contributed by atoms with van der Waals surface area (Å²) in [6, 6.07) is 1.87. The molecule has 1 aliphatic carbocycles. The van der Waals surface area contributed by atoms with Gasteiger partial charge in [0.1, 0.15) is 0 Å². The average Bonchev–Trinajstić information content (AvgIpc) is 3.04. The van der Waals surface area contributed by atoms with E-state index in [1.165, 1.54) is 4.88 Å². The quantitative estimate of drug-likeness (QED) is 0.759. The maximum absolute atomic E-state index is 4.75. The van der Waals surface area contributed by atoms with Gasteiger partial charge in [-0.15, -0.1) is 11.3 Å². The Bertz CT molecular complexity index is 847. The van der Waals surface area contributed by atoms with Crippen LogP contribution in [0.2, 0.25) is 0 Å². The zero-order valence-electron chi connectivity index (χ0n) is 12.6. The van der Waals surface area contributed by atoms with E-state index in [-0.39, 0.29) is 5.41 Å². The fraction of sp³-hybridized carbons (Fsp3) is 0.333. The van der Waals surface area contributed by atoms with Crippen LogP contribution in [-0.4, -0.2) is 25.1 Å². The molecule has 0 saturated heterocycles. The molecule has 3 aromatic heterocycles. The van der Waals surface area contributed by atoms with Crippen LogP contribution in [0.1, 0.15) is 30.1 Å². The van der Waals surface area contributed by atoms with Crippen molar-refractivity contribution in [3.8, 4) is 11.3 Å². The molecular formula is C15H16N6S. The first-order valence-electron chi connectivity index (χ1n) is 7.13. The highest BCUT2D eigenvalue weighted by molar-refractivity contribution is 7.16. The standard InChI is InChI=1S/C15H16N6S/c1-8-4-5-16-13(18-8)20-14-19-11-9-7-17-21-10(9)6-15(2,3)12(11)22-14/h4-5,7H,6H2,1-3H3,(H,17,21)(H,16,18,19,20). The molecule has 1 aliphatic rings. The highest BCUT2D eigenvalue weighted by Gasteiger charge is 2.35. The van der Waals surface area contributed by atoms with Gasteiger partial charge in [-0.2, -0.15) is 5.10 Å². The maximum atomic E-state index is 4.75. The Morgan fingerprint density at radius 1 is 1.32 bits per heavy atom. The Kier molecular flexibility index (Phi) is 2.80. The van der Waals surface area contributed by atoms with E-state index in [1.807, 2.05) is 19.2 Å². The number of thiazole rings is 1. The predicted octanol–water partition coefficient (Wildman–Crippen LogP) is 3.21. The minimum absolute atomic E-state index is 0.0416. The number of nitrogens with zero attached hydrogens (tertiary/aromatic N) is 4. The molecule has 0 spiro atoms. The van der Waals surface area contributed by atoms with E-state index in [9.17, 15) is 0 Å². The lowest BCUT2D eigenvalue weighted by Gasteiger charge is -2.27. The van der Waals surface area contributed by atoms with Crippen LogP contribution in [0.25, 0.3) is 11.3 Å². The summed E-state index contributed by atoms with van der Waals surface area (Å²) in [4.78, 5) is 14.6. The van der Waals surface area contributed by atoms with Crippen LogP contribution in [0.5, 0.6) is 0 Å². The van der Waals surface area contributed by atoms with Crippen LogP contribution in [0.3, 0.4) is 0 Å². The van der Waals surface area contributed by atoms with Crippen molar-refractivity contribution in [2.24, 2.45) is 0 Å². The molecule has 3 aromatic rings. The topological polar surface area (TPSA) is 79.4 Å². The Labute approximate surface area is 132 Å². The minimum Gasteiger partial charge on any atom is -0.300 e. The number of nitrogens with one attached hydrogen (secondary N) is 2. The highest BCUT2D eigenvalue weighted by Crippen LogP contribution is 2.46. The molecule has 22 heavy (non-hydrogen) atoms. The number of rotatable bonds is 2. The van der Waals surface area contributed by atoms with Gasteiger partial charge in [0.15, 0.2) is 5.13 Å². The molecule has 6 nitrogen and oxygen atoms in total. The zero-order valence-corrected chi connectivity index (χ0v) is 13.5. The number of aromatic amines is 1. The number of hydrogen-bond acceptors (Lipinski definition) is 6. The third-order valence-electron chi connectivity index (χ3n) is 3.85. The number of hydrogen-bond donors (Lipinski definition) is 2. The number of H-pyrrole nitrogens is 1. The average molecular weight is 312 g/mol. The lowest BCUT2D eigenvalue weighted by molar-refractivity contribution is 0.519. The first-order valence-corrected chi connectivity index (χ1v) is 7.95. The number of aryl methyl sites for hydroxylation is 1. The summed E-state index contributed by atoms with van der Waals surface area (Å²) in [6.07, 6.45) is 4.55. The Balaban J connectivity index is 1.76. The van der Waals surface area contributed by atoms with Gasteiger partial charge in [0.05, 0.1) is 11.9 Å². The van der Waals surface area contributed by atoms with Crippen LogP contribution in [0.15, 0.2) is 18.5 Å². The molecule has 7 heteroatoms. The van der Waals surface area contributed by atoms with Crippen LogP contribution >= 0.6 is 11.3 Å². The lowest BCUT2D eigenvalue weighted by atomic mass is 9.79. The molecule has 0 fully saturated rings. The van der Waals surface area contributed by atoms with Gasteiger partial charge in [-0.3, -0.25) is 5.10 Å². The van der Waals surface area contributed by atoms with Gasteiger partial charge in [-0.1, -0.05) is 13.8 Å². The van der Waals surface area contributed by atoms with Crippen LogP contribution in [-0.2, 0) is 11.8 Å². The molecule has 112 valence electrons. The molecule has 0 aromatic carbocycles. The van der Waals surface area contributed by atoms with Crippen molar-refractivity contribution in [1.29, 1.82) is 0 Å². The van der Waals surface area contributed by atoms with Crippen molar-refractivity contribution in [3.63, 3.8) is 0 Å². The van der Waals surface area contributed by atoms with E-state index in [0.717, 1.165) is 34.2 Å². The second-order valence-electron chi connectivity index (χ2n) is 6.17. The van der Waals surface area contributed by atoms with Gasteiger partial charge in [0.2, 0.25) is 5.95 Å². The van der Waals surface area contributed by atoms with Crippen molar-refractivity contribution < 1.29 is 0 Å². The summed E-state index contributed by atoms with van der Waals surface area (Å²) in [7, 11) is 0. The summed E-state index contributed by atoms with van der Waals surface area (Å²) in [5.74, 6) is 0.580. The summed E-state index contributed by atoms with van der Waals surface area (Å²) in [5.41, 5.74) is 4.24. The van der Waals surface area contributed by atoms with Gasteiger partial charge in [-0.05, 0) is 19.4 Å². The van der Waals surface area contributed by atoms with Crippen molar-refractivity contribution in [3.05, 3.63) is 34.7 Å². The molecule has 0 unspecified atom stereocenters. The van der Waals surface area contributed by atoms with E-state index in [2.05, 4.69) is 39.3 Å². The summed E-state index contributed by atoms with van der Waals surface area (Å²) in [6.45, 7) is 6.42. The van der Waals surface area contributed by atoms with Gasteiger partial charge in [-0.25, -0.2) is 15.0 Å². The van der Waals surface area contributed by atoms with E-state index < -0.39 is 0 Å². The summed E-state index contributed by atoms with van der Waals surface area (Å²) >= 11 is 1.67. The van der Waals surface area contributed by atoms with Crippen molar-refractivity contribution >= 4 is 22.4 Å². The second-order valence-corrected chi connectivity index (χ2v) is 7.17. The third-order valence-corrected chi connectivity index (χ3v) is 5.18. The number of anilines is 2. The lowest BCUT2D eigenvalue weighted by Crippen LogP contribution is -2.23. The Morgan fingerprint density at radius 3 is 3.00 bits per heavy atom. The van der Waals surface area contributed by atoms with Crippen LogP contribution in [0.4, 0.5) is 11.1 Å². The van der Waals surface area contributed by atoms with Crippen molar-refractivity contribution in [1.82, 2.24) is 25.1 Å². The van der Waals surface area contributed by atoms with Crippen LogP contribution < -0.4 is 5.32 Å². The summed E-state index contributed by atoms with van der Waals surface area (Å²) in [5, 5.41) is 11.3. The smallest absolute Gasteiger partial charge is 0.229 e. The molecule has 2 N–H and O–H groups in total. The van der Waals surface area contributed by atoms with E-state index in [4.69, 9.17) is 4.98 Å². The van der Waals surface area contributed by atoms with Gasteiger partial charge in [0.25, 0.3) is 0 Å². The third kappa shape index (κ3) is 2.09. The fourth-order valence-electron chi connectivity index (χ4n) is 2.79. The SMILES string of the molecule is Cc1ccnc(Nc2nc3c(s2)C(C)(C)Cc2[nH]ncc2-3)n1. The molecule has 0 atom stereocenters. The van der Waals surface area contributed by atoms with Gasteiger partial charge >= 0.3 is 0 Å². The number of fused-ring (bicyclic) bond motifs is 3. The van der Waals surface area contributed by atoms with Gasteiger partial charge < -0.3 is 5.32 Å². The maximum Gasteiger partial charge on any atom is 0.229 e. The van der Waals surface area contributed by atoms with Crippen LogP contribution in [0, 0.1) is 6.92 Å².